The van der Waals surface area contributed by atoms with Gasteiger partial charge in [-0.2, -0.15) is 0 Å². The zero-order valence-electron chi connectivity index (χ0n) is 6.55. The van der Waals surface area contributed by atoms with Crippen LogP contribution in [0.4, 0.5) is 0 Å². The Balaban J connectivity index is 2.27. The highest BCUT2D eigenvalue weighted by atomic mass is 79.9. The second-order valence-electron chi connectivity index (χ2n) is 3.01. The van der Waals surface area contributed by atoms with Gasteiger partial charge in [0.1, 0.15) is 5.75 Å². The highest BCUT2D eigenvalue weighted by molar-refractivity contribution is 9.10. The highest BCUT2D eigenvalue weighted by Crippen LogP contribution is 2.30. The molecule has 0 aromatic heterocycles. The first kappa shape index (κ1) is 8.08. The lowest BCUT2D eigenvalue weighted by molar-refractivity contribution is 0.382. The summed E-state index contributed by atoms with van der Waals surface area (Å²) in [5, 5.41) is 12.6. The van der Waals surface area contributed by atoms with Crippen molar-refractivity contribution in [3.8, 4) is 5.75 Å². The van der Waals surface area contributed by atoms with Crippen molar-refractivity contribution in [2.75, 3.05) is 6.54 Å². The van der Waals surface area contributed by atoms with Crippen molar-refractivity contribution in [1.82, 2.24) is 5.32 Å². The van der Waals surface area contributed by atoms with Gasteiger partial charge >= 0.3 is 0 Å². The van der Waals surface area contributed by atoms with Crippen molar-refractivity contribution in [2.45, 2.75) is 12.5 Å². The highest BCUT2D eigenvalue weighted by Gasteiger charge is 2.18. The van der Waals surface area contributed by atoms with Gasteiger partial charge in [-0.3, -0.25) is 0 Å². The molecule has 1 aliphatic heterocycles. The van der Waals surface area contributed by atoms with E-state index in [1.807, 2.05) is 12.1 Å². The van der Waals surface area contributed by atoms with E-state index in [1.54, 1.807) is 6.07 Å². The Kier molecular flexibility index (Phi) is 2.07. The van der Waals surface area contributed by atoms with Gasteiger partial charge in [0.2, 0.25) is 0 Å². The molecule has 1 saturated heterocycles. The fraction of sp³-hybridized carbons (Fsp3) is 0.333. The molecule has 2 N–H and O–H groups in total. The van der Waals surface area contributed by atoms with Gasteiger partial charge in [0.05, 0.1) is 4.47 Å². The summed E-state index contributed by atoms with van der Waals surface area (Å²) >= 11 is 3.29. The first-order chi connectivity index (χ1) is 5.77. The standard InChI is InChI=1S/C9H10BrNO/c10-7-5-6(1-2-9(7)12)8-3-4-11-8/h1-2,5,8,11-12H,3-4H2/t8-/m1/s1. The van der Waals surface area contributed by atoms with Gasteiger partial charge in [0.15, 0.2) is 0 Å². The summed E-state index contributed by atoms with van der Waals surface area (Å²) in [5.41, 5.74) is 1.24. The molecular weight excluding hydrogens is 218 g/mol. The zero-order chi connectivity index (χ0) is 8.55. The Bertz CT molecular complexity index is 297. The van der Waals surface area contributed by atoms with Gasteiger partial charge < -0.3 is 10.4 Å². The second-order valence-corrected chi connectivity index (χ2v) is 3.86. The third-order valence-electron chi connectivity index (χ3n) is 2.20. The topological polar surface area (TPSA) is 32.3 Å². The molecule has 1 aromatic rings. The molecule has 0 aliphatic carbocycles. The molecule has 1 fully saturated rings. The second kappa shape index (κ2) is 3.07. The van der Waals surface area contributed by atoms with E-state index in [1.165, 1.54) is 12.0 Å². The van der Waals surface area contributed by atoms with Crippen LogP contribution in [-0.4, -0.2) is 11.7 Å². The molecule has 0 unspecified atom stereocenters. The van der Waals surface area contributed by atoms with Crippen LogP contribution in [0, 0.1) is 0 Å². The third-order valence-corrected chi connectivity index (χ3v) is 2.83. The van der Waals surface area contributed by atoms with Crippen LogP contribution in [-0.2, 0) is 0 Å². The molecule has 0 spiro atoms. The Hall–Kier alpha value is -0.540. The molecule has 1 aromatic carbocycles. The monoisotopic (exact) mass is 227 g/mol. The summed E-state index contributed by atoms with van der Waals surface area (Å²) in [6.45, 7) is 1.10. The van der Waals surface area contributed by atoms with Gasteiger partial charge in [0, 0.05) is 6.04 Å². The van der Waals surface area contributed by atoms with E-state index in [2.05, 4.69) is 21.2 Å². The van der Waals surface area contributed by atoms with Crippen LogP contribution < -0.4 is 5.32 Å². The predicted octanol–water partition coefficient (Wildman–Crippen LogP) is 2.19. The number of nitrogens with one attached hydrogen (secondary N) is 1. The lowest BCUT2D eigenvalue weighted by Crippen LogP contribution is -2.34. The molecule has 2 rings (SSSR count). The van der Waals surface area contributed by atoms with Gasteiger partial charge in [-0.1, -0.05) is 6.07 Å². The third kappa shape index (κ3) is 1.34. The molecular formula is C9H10BrNO. The number of benzene rings is 1. The van der Waals surface area contributed by atoms with Crippen LogP contribution in [0.2, 0.25) is 0 Å². The minimum atomic E-state index is 0.304. The van der Waals surface area contributed by atoms with Crippen molar-refractivity contribution in [2.24, 2.45) is 0 Å². The fourth-order valence-electron chi connectivity index (χ4n) is 1.31. The molecule has 0 radical (unpaired) electrons. The Morgan fingerprint density at radius 2 is 2.25 bits per heavy atom. The van der Waals surface area contributed by atoms with E-state index in [-0.39, 0.29) is 0 Å². The van der Waals surface area contributed by atoms with Crippen LogP contribution in [0.1, 0.15) is 18.0 Å². The number of phenols is 1. The summed E-state index contributed by atoms with van der Waals surface area (Å²) in [4.78, 5) is 0. The Morgan fingerprint density at radius 1 is 1.50 bits per heavy atom. The van der Waals surface area contributed by atoms with E-state index in [0.29, 0.717) is 11.8 Å². The number of halogens is 1. The minimum absolute atomic E-state index is 0.304. The maximum atomic E-state index is 9.25. The summed E-state index contributed by atoms with van der Waals surface area (Å²) < 4.78 is 0.772. The maximum Gasteiger partial charge on any atom is 0.129 e. The Labute approximate surface area is 79.7 Å². The predicted molar refractivity (Wildman–Crippen MR) is 51.2 cm³/mol. The quantitative estimate of drug-likeness (QED) is 0.772. The van der Waals surface area contributed by atoms with Crippen LogP contribution in [0.25, 0.3) is 0 Å². The van der Waals surface area contributed by atoms with Crippen molar-refractivity contribution < 1.29 is 5.11 Å². The van der Waals surface area contributed by atoms with E-state index in [4.69, 9.17) is 0 Å². The summed E-state index contributed by atoms with van der Waals surface area (Å²) in [5.74, 6) is 0.304. The largest absolute Gasteiger partial charge is 0.507 e. The molecule has 12 heavy (non-hydrogen) atoms. The summed E-state index contributed by atoms with van der Waals surface area (Å²) in [7, 11) is 0. The van der Waals surface area contributed by atoms with E-state index in [0.717, 1.165) is 11.0 Å². The molecule has 0 saturated carbocycles. The molecule has 3 heteroatoms. The van der Waals surface area contributed by atoms with E-state index >= 15 is 0 Å². The van der Waals surface area contributed by atoms with Crippen LogP contribution in [0.15, 0.2) is 22.7 Å². The minimum Gasteiger partial charge on any atom is -0.507 e. The molecule has 1 aliphatic rings. The Morgan fingerprint density at radius 3 is 2.75 bits per heavy atom. The number of phenolic OH excluding ortho intramolecular Hbond substituents is 1. The van der Waals surface area contributed by atoms with Crippen LogP contribution in [0.5, 0.6) is 5.75 Å². The molecule has 0 bridgehead atoms. The van der Waals surface area contributed by atoms with Gasteiger partial charge in [-0.25, -0.2) is 0 Å². The molecule has 64 valence electrons. The lowest BCUT2D eigenvalue weighted by atomic mass is 9.98. The summed E-state index contributed by atoms with van der Waals surface area (Å²) in [6, 6.07) is 6.13. The first-order valence-electron chi connectivity index (χ1n) is 3.99. The van der Waals surface area contributed by atoms with E-state index < -0.39 is 0 Å². The number of hydrogen-bond acceptors (Lipinski definition) is 2. The lowest BCUT2D eigenvalue weighted by Gasteiger charge is -2.28. The average Bonchev–Trinajstić information content (AvgIpc) is 1.93. The van der Waals surface area contributed by atoms with E-state index in [9.17, 15) is 5.11 Å². The van der Waals surface area contributed by atoms with Gasteiger partial charge in [-0.15, -0.1) is 0 Å². The SMILES string of the molecule is Oc1ccc([C@H]2CCN2)cc1Br. The van der Waals surface area contributed by atoms with Crippen LogP contribution in [0.3, 0.4) is 0 Å². The van der Waals surface area contributed by atoms with Crippen molar-refractivity contribution in [1.29, 1.82) is 0 Å². The van der Waals surface area contributed by atoms with Gasteiger partial charge in [-0.05, 0) is 46.6 Å². The fourth-order valence-corrected chi connectivity index (χ4v) is 1.71. The summed E-state index contributed by atoms with van der Waals surface area (Å²) in [6.07, 6.45) is 1.19. The first-order valence-corrected chi connectivity index (χ1v) is 4.78. The smallest absolute Gasteiger partial charge is 0.129 e. The molecule has 1 atom stereocenters. The zero-order valence-corrected chi connectivity index (χ0v) is 8.13. The maximum absolute atomic E-state index is 9.25. The van der Waals surface area contributed by atoms with Crippen molar-refractivity contribution in [3.05, 3.63) is 28.2 Å². The number of hydrogen-bond donors (Lipinski definition) is 2. The van der Waals surface area contributed by atoms with Crippen molar-refractivity contribution in [3.63, 3.8) is 0 Å². The molecule has 1 heterocycles. The van der Waals surface area contributed by atoms with Gasteiger partial charge in [0.25, 0.3) is 0 Å². The average molecular weight is 228 g/mol. The number of rotatable bonds is 1. The molecule has 0 amide bonds. The van der Waals surface area contributed by atoms with Crippen LogP contribution >= 0.6 is 15.9 Å². The normalized spacial score (nSPS) is 21.9. The van der Waals surface area contributed by atoms with Crippen molar-refractivity contribution >= 4 is 15.9 Å². The number of aromatic hydroxyl groups is 1. The molecule has 2 nitrogen and oxygen atoms in total.